The number of benzene rings is 2. The molecule has 8 heteroatoms. The summed E-state index contributed by atoms with van der Waals surface area (Å²) in [6.07, 6.45) is -4.43. The number of anilines is 3. The first-order valence-electron chi connectivity index (χ1n) is 6.09. The lowest BCUT2D eigenvalue weighted by Crippen LogP contribution is -2.19. The molecule has 2 amide bonds. The first-order valence-corrected chi connectivity index (χ1v) is 6.09. The molecule has 0 bridgehead atoms. The fourth-order valence-corrected chi connectivity index (χ4v) is 1.68. The second kappa shape index (κ2) is 5.84. The lowest BCUT2D eigenvalue weighted by Gasteiger charge is -2.11. The van der Waals surface area contributed by atoms with Gasteiger partial charge in [0.25, 0.3) is 0 Å². The van der Waals surface area contributed by atoms with Crippen LogP contribution in [0.15, 0.2) is 42.5 Å². The molecule has 116 valence electrons. The predicted molar refractivity (Wildman–Crippen MR) is 76.6 cm³/mol. The third-order valence-electron chi connectivity index (χ3n) is 2.74. The molecule has 0 aromatic heterocycles. The summed E-state index contributed by atoms with van der Waals surface area (Å²) in [6, 6.07) is 7.40. The van der Waals surface area contributed by atoms with Crippen LogP contribution in [0.4, 0.5) is 35.0 Å². The predicted octanol–water partition coefficient (Wildman–Crippen LogP) is 3.64. The Morgan fingerprint density at radius 2 is 1.68 bits per heavy atom. The van der Waals surface area contributed by atoms with Gasteiger partial charge < -0.3 is 21.5 Å². The Morgan fingerprint density at radius 3 is 2.23 bits per heavy atom. The van der Waals surface area contributed by atoms with E-state index in [2.05, 4.69) is 10.6 Å². The molecular formula is C14H12F3N3O2. The first-order chi connectivity index (χ1) is 10.3. The molecule has 0 saturated carbocycles. The Morgan fingerprint density at radius 1 is 1.05 bits per heavy atom. The number of hydrogen-bond donors (Lipinski definition) is 4. The molecule has 0 unspecified atom stereocenters. The minimum absolute atomic E-state index is 0.124. The van der Waals surface area contributed by atoms with Gasteiger partial charge in [0, 0.05) is 17.4 Å². The Labute approximate surface area is 123 Å². The largest absolute Gasteiger partial charge is 0.506 e. The van der Waals surface area contributed by atoms with Crippen molar-refractivity contribution in [2.75, 3.05) is 16.4 Å². The van der Waals surface area contributed by atoms with Crippen molar-refractivity contribution in [2.24, 2.45) is 0 Å². The van der Waals surface area contributed by atoms with E-state index in [1.807, 2.05) is 0 Å². The zero-order chi connectivity index (χ0) is 16.3. The summed E-state index contributed by atoms with van der Waals surface area (Å²) in [6.45, 7) is 0. The van der Waals surface area contributed by atoms with E-state index in [9.17, 15) is 23.1 Å². The van der Waals surface area contributed by atoms with Crippen molar-refractivity contribution in [1.29, 1.82) is 0 Å². The van der Waals surface area contributed by atoms with Gasteiger partial charge in [-0.1, -0.05) is 0 Å². The maximum atomic E-state index is 12.4. The number of nitrogen functional groups attached to an aromatic ring is 1. The molecule has 2 aromatic carbocycles. The molecule has 0 aliphatic carbocycles. The molecule has 0 saturated heterocycles. The van der Waals surface area contributed by atoms with Crippen LogP contribution in [-0.4, -0.2) is 11.1 Å². The van der Waals surface area contributed by atoms with Crippen LogP contribution < -0.4 is 16.4 Å². The summed E-state index contributed by atoms with van der Waals surface area (Å²) in [7, 11) is 0. The van der Waals surface area contributed by atoms with Gasteiger partial charge in [0.05, 0.1) is 11.3 Å². The molecular weight excluding hydrogens is 299 g/mol. The summed E-state index contributed by atoms with van der Waals surface area (Å²) >= 11 is 0. The number of hydrogen-bond acceptors (Lipinski definition) is 3. The number of urea groups is 1. The number of phenols is 1. The average molecular weight is 311 g/mol. The highest BCUT2D eigenvalue weighted by Gasteiger charge is 2.29. The van der Waals surface area contributed by atoms with Crippen molar-refractivity contribution >= 4 is 23.1 Å². The molecule has 0 aliphatic heterocycles. The van der Waals surface area contributed by atoms with E-state index in [0.717, 1.165) is 24.3 Å². The SMILES string of the molecule is Nc1ccc(NC(=O)Nc2ccc(C(F)(F)F)cc2)c(O)c1. The van der Waals surface area contributed by atoms with Crippen LogP contribution in [0, 0.1) is 0 Å². The van der Waals surface area contributed by atoms with E-state index in [-0.39, 0.29) is 17.1 Å². The highest BCUT2D eigenvalue weighted by Crippen LogP contribution is 2.30. The van der Waals surface area contributed by atoms with E-state index in [4.69, 9.17) is 5.73 Å². The third-order valence-corrected chi connectivity index (χ3v) is 2.74. The second-order valence-corrected chi connectivity index (χ2v) is 4.43. The summed E-state index contributed by atoms with van der Waals surface area (Å²) in [5.74, 6) is -0.220. The van der Waals surface area contributed by atoms with Gasteiger partial charge in [-0.3, -0.25) is 0 Å². The number of rotatable bonds is 2. The lowest BCUT2D eigenvalue weighted by molar-refractivity contribution is -0.137. The Balaban J connectivity index is 2.03. The normalized spacial score (nSPS) is 11.0. The fourth-order valence-electron chi connectivity index (χ4n) is 1.68. The Kier molecular flexibility index (Phi) is 4.11. The van der Waals surface area contributed by atoms with Gasteiger partial charge in [-0.05, 0) is 36.4 Å². The van der Waals surface area contributed by atoms with Crippen molar-refractivity contribution in [2.45, 2.75) is 6.18 Å². The van der Waals surface area contributed by atoms with E-state index < -0.39 is 17.8 Å². The van der Waals surface area contributed by atoms with Gasteiger partial charge in [-0.25, -0.2) is 4.79 Å². The topological polar surface area (TPSA) is 87.4 Å². The fraction of sp³-hybridized carbons (Fsp3) is 0.0714. The quantitative estimate of drug-likeness (QED) is 0.504. The van der Waals surface area contributed by atoms with Gasteiger partial charge >= 0.3 is 12.2 Å². The molecule has 5 nitrogen and oxygen atoms in total. The van der Waals surface area contributed by atoms with Gasteiger partial charge in [-0.2, -0.15) is 13.2 Å². The molecule has 0 atom stereocenters. The van der Waals surface area contributed by atoms with Crippen molar-refractivity contribution in [3.05, 3.63) is 48.0 Å². The van der Waals surface area contributed by atoms with Gasteiger partial charge in [0.2, 0.25) is 0 Å². The molecule has 2 rings (SSSR count). The Hall–Kier alpha value is -2.90. The molecule has 2 aromatic rings. The van der Waals surface area contributed by atoms with Crippen LogP contribution in [0.1, 0.15) is 5.56 Å². The van der Waals surface area contributed by atoms with Crippen LogP contribution in [0.2, 0.25) is 0 Å². The minimum Gasteiger partial charge on any atom is -0.506 e. The number of alkyl halides is 3. The van der Waals surface area contributed by atoms with Crippen LogP contribution in [0.25, 0.3) is 0 Å². The van der Waals surface area contributed by atoms with E-state index in [1.54, 1.807) is 0 Å². The monoisotopic (exact) mass is 311 g/mol. The lowest BCUT2D eigenvalue weighted by atomic mass is 10.2. The summed E-state index contributed by atoms with van der Waals surface area (Å²) in [5, 5.41) is 14.3. The Bertz CT molecular complexity index is 685. The molecule has 0 radical (unpaired) electrons. The van der Waals surface area contributed by atoms with Crippen LogP contribution in [0.3, 0.4) is 0 Å². The van der Waals surface area contributed by atoms with Crippen molar-refractivity contribution in [1.82, 2.24) is 0 Å². The zero-order valence-corrected chi connectivity index (χ0v) is 11.1. The summed E-state index contributed by atoms with van der Waals surface area (Å²) in [5.41, 5.74) is 5.27. The molecule has 0 spiro atoms. The van der Waals surface area contributed by atoms with Crippen LogP contribution >= 0.6 is 0 Å². The number of amides is 2. The number of nitrogens with one attached hydrogen (secondary N) is 2. The first kappa shape index (κ1) is 15.5. The average Bonchev–Trinajstić information content (AvgIpc) is 2.41. The van der Waals surface area contributed by atoms with Gasteiger partial charge in [-0.15, -0.1) is 0 Å². The number of phenolic OH excluding ortho intramolecular Hbond substituents is 1. The molecule has 0 fully saturated rings. The third kappa shape index (κ3) is 3.81. The van der Waals surface area contributed by atoms with Crippen LogP contribution in [0.5, 0.6) is 5.75 Å². The smallest absolute Gasteiger partial charge is 0.416 e. The molecule has 0 aliphatic rings. The molecule has 0 heterocycles. The number of carbonyl (C=O) groups is 1. The number of aromatic hydroxyl groups is 1. The highest BCUT2D eigenvalue weighted by atomic mass is 19.4. The van der Waals surface area contributed by atoms with Crippen molar-refractivity contribution < 1.29 is 23.1 Å². The van der Waals surface area contributed by atoms with E-state index in [1.165, 1.54) is 18.2 Å². The molecule has 5 N–H and O–H groups in total. The van der Waals surface area contributed by atoms with Crippen molar-refractivity contribution in [3.8, 4) is 5.75 Å². The number of carbonyl (C=O) groups excluding carboxylic acids is 1. The van der Waals surface area contributed by atoms with Gasteiger partial charge in [0.1, 0.15) is 5.75 Å². The minimum atomic E-state index is -4.43. The molecule has 22 heavy (non-hydrogen) atoms. The maximum absolute atomic E-state index is 12.4. The summed E-state index contributed by atoms with van der Waals surface area (Å²) in [4.78, 5) is 11.7. The standard InChI is InChI=1S/C14H12F3N3O2/c15-14(16,17)8-1-4-10(5-2-8)19-13(22)20-11-6-3-9(18)7-12(11)21/h1-7,21H,18H2,(H2,19,20,22). The number of halogens is 3. The van der Waals surface area contributed by atoms with Crippen molar-refractivity contribution in [3.63, 3.8) is 0 Å². The maximum Gasteiger partial charge on any atom is 0.416 e. The second-order valence-electron chi connectivity index (χ2n) is 4.43. The van der Waals surface area contributed by atoms with E-state index in [0.29, 0.717) is 5.69 Å². The highest BCUT2D eigenvalue weighted by molar-refractivity contribution is 6.00. The van der Waals surface area contributed by atoms with Gasteiger partial charge in [0.15, 0.2) is 0 Å². The zero-order valence-electron chi connectivity index (χ0n) is 11.1. The summed E-state index contributed by atoms with van der Waals surface area (Å²) < 4.78 is 37.2. The number of nitrogens with two attached hydrogens (primary N) is 1. The van der Waals surface area contributed by atoms with Crippen LogP contribution in [-0.2, 0) is 6.18 Å². The van der Waals surface area contributed by atoms with E-state index >= 15 is 0 Å².